The van der Waals surface area contributed by atoms with Gasteiger partial charge in [-0.15, -0.1) is 0 Å². The molecular weight excluding hydrogens is 294 g/mol. The van der Waals surface area contributed by atoms with Crippen LogP contribution in [-0.4, -0.2) is 15.3 Å². The quantitative estimate of drug-likeness (QED) is 0.946. The van der Waals surface area contributed by atoms with E-state index in [1.165, 1.54) is 19.3 Å². The molecule has 18 heavy (non-hydrogen) atoms. The molecule has 1 amide bonds. The summed E-state index contributed by atoms with van der Waals surface area (Å²) in [5.74, 6) is 0.698. The van der Waals surface area contributed by atoms with Crippen LogP contribution in [-0.2, 0) is 4.79 Å². The number of carbonyl (C=O) groups excluding carboxylic acids is 1. The molecule has 0 unspecified atom stereocenters. The monoisotopic (exact) mass is 307 g/mol. The maximum absolute atomic E-state index is 11.8. The Hall–Kier alpha value is -1.36. The van der Waals surface area contributed by atoms with Gasteiger partial charge in [0, 0.05) is 12.6 Å². The predicted octanol–water partition coefficient (Wildman–Crippen LogP) is 3.23. The molecule has 0 aliphatic heterocycles. The van der Waals surface area contributed by atoms with Gasteiger partial charge in [-0.2, -0.15) is 0 Å². The third-order valence-electron chi connectivity index (χ3n) is 3.44. The van der Waals surface area contributed by atoms with E-state index in [1.54, 1.807) is 6.20 Å². The summed E-state index contributed by atoms with van der Waals surface area (Å²) < 4.78 is 2.78. The van der Waals surface area contributed by atoms with E-state index < -0.39 is 0 Å². The molecule has 0 saturated heterocycles. The maximum atomic E-state index is 11.8. The normalized spacial score (nSPS) is 15.6. The van der Waals surface area contributed by atoms with Gasteiger partial charge in [0.2, 0.25) is 5.91 Å². The van der Waals surface area contributed by atoms with E-state index in [1.807, 2.05) is 22.7 Å². The van der Waals surface area contributed by atoms with Gasteiger partial charge >= 0.3 is 0 Å². The fourth-order valence-corrected chi connectivity index (χ4v) is 2.58. The second kappa shape index (κ2) is 4.72. The van der Waals surface area contributed by atoms with Crippen LogP contribution in [0.2, 0.25) is 0 Å². The Morgan fingerprint density at radius 2 is 2.33 bits per heavy atom. The van der Waals surface area contributed by atoms with E-state index in [4.69, 9.17) is 0 Å². The van der Waals surface area contributed by atoms with Crippen LogP contribution >= 0.6 is 15.9 Å². The van der Waals surface area contributed by atoms with E-state index in [2.05, 4.69) is 26.2 Å². The largest absolute Gasteiger partial charge is 0.325 e. The molecule has 4 nitrogen and oxygen atoms in total. The van der Waals surface area contributed by atoms with Crippen LogP contribution in [0.15, 0.2) is 29.1 Å². The first kappa shape index (κ1) is 11.7. The minimum atomic E-state index is 0.107. The first-order valence-electron chi connectivity index (χ1n) is 6.15. The standard InChI is InChI=1S/C13H14BrN3O/c14-11-7-15-12-5-4-10(8-17(11)12)16-13(18)6-9-2-1-3-9/h4-5,7-9H,1-3,6H2,(H,16,18). The highest BCUT2D eigenvalue weighted by molar-refractivity contribution is 9.10. The van der Waals surface area contributed by atoms with Crippen molar-refractivity contribution in [2.24, 2.45) is 5.92 Å². The van der Waals surface area contributed by atoms with Gasteiger partial charge in [0.25, 0.3) is 0 Å². The number of carbonyl (C=O) groups is 1. The van der Waals surface area contributed by atoms with Crippen molar-refractivity contribution < 1.29 is 4.79 Å². The molecule has 0 spiro atoms. The van der Waals surface area contributed by atoms with Crippen molar-refractivity contribution in [2.75, 3.05) is 5.32 Å². The molecule has 0 atom stereocenters. The molecule has 3 rings (SSSR count). The van der Waals surface area contributed by atoms with Crippen LogP contribution in [0.1, 0.15) is 25.7 Å². The van der Waals surface area contributed by atoms with Gasteiger partial charge in [-0.25, -0.2) is 4.98 Å². The molecule has 94 valence electrons. The predicted molar refractivity (Wildman–Crippen MR) is 73.5 cm³/mol. The van der Waals surface area contributed by atoms with E-state index in [9.17, 15) is 4.79 Å². The summed E-state index contributed by atoms with van der Waals surface area (Å²) in [4.78, 5) is 16.0. The molecule has 5 heteroatoms. The fourth-order valence-electron chi connectivity index (χ4n) is 2.20. The number of anilines is 1. The van der Waals surface area contributed by atoms with Gasteiger partial charge in [0.1, 0.15) is 10.3 Å². The Morgan fingerprint density at radius 1 is 1.50 bits per heavy atom. The highest BCUT2D eigenvalue weighted by Crippen LogP contribution is 2.29. The van der Waals surface area contributed by atoms with Crippen LogP contribution in [0.25, 0.3) is 5.65 Å². The molecule has 1 N–H and O–H groups in total. The second-order valence-corrected chi connectivity index (χ2v) is 5.59. The number of nitrogens with zero attached hydrogens (tertiary/aromatic N) is 2. The summed E-state index contributed by atoms with van der Waals surface area (Å²) in [6.07, 6.45) is 7.93. The molecule has 2 aromatic rings. The van der Waals surface area contributed by atoms with Gasteiger partial charge < -0.3 is 5.32 Å². The van der Waals surface area contributed by atoms with Crippen LogP contribution < -0.4 is 5.32 Å². The van der Waals surface area contributed by atoms with Crippen molar-refractivity contribution in [2.45, 2.75) is 25.7 Å². The van der Waals surface area contributed by atoms with Crippen LogP contribution in [0.4, 0.5) is 5.69 Å². The minimum absolute atomic E-state index is 0.107. The summed E-state index contributed by atoms with van der Waals surface area (Å²) in [6, 6.07) is 3.77. The summed E-state index contributed by atoms with van der Waals surface area (Å²) in [5.41, 5.74) is 1.67. The Morgan fingerprint density at radius 3 is 3.06 bits per heavy atom. The van der Waals surface area contributed by atoms with E-state index in [-0.39, 0.29) is 5.91 Å². The Kier molecular flexibility index (Phi) is 3.07. The number of pyridine rings is 1. The lowest BCUT2D eigenvalue weighted by molar-refractivity contribution is -0.117. The zero-order valence-electron chi connectivity index (χ0n) is 9.90. The lowest BCUT2D eigenvalue weighted by atomic mass is 9.83. The smallest absolute Gasteiger partial charge is 0.224 e. The summed E-state index contributed by atoms with van der Waals surface area (Å²) in [7, 11) is 0. The SMILES string of the molecule is O=C(CC1CCC1)Nc1ccc2ncc(Br)n2c1. The van der Waals surface area contributed by atoms with E-state index in [0.717, 1.165) is 15.9 Å². The zero-order valence-corrected chi connectivity index (χ0v) is 11.5. The van der Waals surface area contributed by atoms with Gasteiger partial charge in [-0.05, 0) is 46.8 Å². The average molecular weight is 308 g/mol. The Bertz CT molecular complexity index is 589. The lowest BCUT2D eigenvalue weighted by Crippen LogP contribution is -2.20. The van der Waals surface area contributed by atoms with Crippen molar-refractivity contribution in [1.82, 2.24) is 9.38 Å². The summed E-state index contributed by atoms with van der Waals surface area (Å²) in [6.45, 7) is 0. The molecule has 0 bridgehead atoms. The maximum Gasteiger partial charge on any atom is 0.224 e. The number of imidazole rings is 1. The van der Waals surface area contributed by atoms with Crippen molar-refractivity contribution in [1.29, 1.82) is 0 Å². The first-order chi connectivity index (χ1) is 8.72. The molecule has 0 aromatic carbocycles. The second-order valence-electron chi connectivity index (χ2n) is 4.78. The zero-order chi connectivity index (χ0) is 12.5. The summed E-state index contributed by atoms with van der Waals surface area (Å²) >= 11 is 3.42. The Balaban J connectivity index is 1.73. The van der Waals surface area contributed by atoms with Crippen LogP contribution in [0, 0.1) is 5.92 Å². The number of aromatic nitrogens is 2. The molecule has 1 saturated carbocycles. The average Bonchev–Trinajstić information content (AvgIpc) is 2.66. The van der Waals surface area contributed by atoms with Crippen molar-refractivity contribution >= 4 is 33.2 Å². The van der Waals surface area contributed by atoms with Crippen molar-refractivity contribution in [3.05, 3.63) is 29.1 Å². The number of nitrogens with one attached hydrogen (secondary N) is 1. The number of hydrogen-bond donors (Lipinski definition) is 1. The van der Waals surface area contributed by atoms with E-state index >= 15 is 0 Å². The van der Waals surface area contributed by atoms with Gasteiger partial charge in [-0.3, -0.25) is 9.20 Å². The number of amides is 1. The van der Waals surface area contributed by atoms with Gasteiger partial charge in [-0.1, -0.05) is 6.42 Å². The van der Waals surface area contributed by atoms with Crippen LogP contribution in [0.3, 0.4) is 0 Å². The highest BCUT2D eigenvalue weighted by Gasteiger charge is 2.20. The lowest BCUT2D eigenvalue weighted by Gasteiger charge is -2.24. The minimum Gasteiger partial charge on any atom is -0.325 e. The first-order valence-corrected chi connectivity index (χ1v) is 6.94. The number of rotatable bonds is 3. The molecule has 1 aliphatic rings. The van der Waals surface area contributed by atoms with Crippen molar-refractivity contribution in [3.8, 4) is 0 Å². The molecule has 2 aromatic heterocycles. The number of hydrogen-bond acceptors (Lipinski definition) is 2. The highest BCUT2D eigenvalue weighted by atomic mass is 79.9. The van der Waals surface area contributed by atoms with E-state index in [0.29, 0.717) is 12.3 Å². The topological polar surface area (TPSA) is 46.4 Å². The Labute approximate surface area is 114 Å². The van der Waals surface area contributed by atoms with Crippen molar-refractivity contribution in [3.63, 3.8) is 0 Å². The van der Waals surface area contributed by atoms with Gasteiger partial charge in [0.15, 0.2) is 0 Å². The molecule has 2 heterocycles. The van der Waals surface area contributed by atoms with Crippen LogP contribution in [0.5, 0.6) is 0 Å². The third-order valence-corrected chi connectivity index (χ3v) is 4.03. The molecule has 1 aliphatic carbocycles. The number of halogens is 1. The summed E-state index contributed by atoms with van der Waals surface area (Å²) in [5, 5.41) is 2.94. The molecule has 0 radical (unpaired) electrons. The third kappa shape index (κ3) is 2.27. The molecular formula is C13H14BrN3O. The number of fused-ring (bicyclic) bond motifs is 1. The molecule has 1 fully saturated rings. The van der Waals surface area contributed by atoms with Gasteiger partial charge in [0.05, 0.1) is 11.9 Å². The fraction of sp³-hybridized carbons (Fsp3) is 0.385.